The number of aromatic nitrogens is 2. The second-order valence-corrected chi connectivity index (χ2v) is 11.7. The predicted molar refractivity (Wildman–Crippen MR) is 188 cm³/mol. The number of rotatable bonds is 3. The Hall–Kier alpha value is -6.26. The number of nitrogens with zero attached hydrogens (tertiary/aromatic N) is 2. The van der Waals surface area contributed by atoms with Crippen LogP contribution in [0, 0.1) is 0 Å². The zero-order valence-corrected chi connectivity index (χ0v) is 24.6. The normalized spacial score (nSPS) is 11.9. The summed E-state index contributed by atoms with van der Waals surface area (Å²) in [5.74, 6) is 0. The molecule has 0 saturated heterocycles. The molecule has 10 rings (SSSR count). The van der Waals surface area contributed by atoms with Gasteiger partial charge in [0.05, 0.1) is 22.1 Å². The zero-order valence-electron chi connectivity index (χ0n) is 24.6. The lowest BCUT2D eigenvalue weighted by Gasteiger charge is -2.11. The molecule has 0 aliphatic rings. The predicted octanol–water partition coefficient (Wildman–Crippen LogP) is 11.6. The second-order valence-electron chi connectivity index (χ2n) is 11.7. The summed E-state index contributed by atoms with van der Waals surface area (Å²) in [5, 5.41) is 6.29. The molecule has 0 fully saturated rings. The van der Waals surface area contributed by atoms with Crippen molar-refractivity contribution in [2.24, 2.45) is 0 Å². The van der Waals surface area contributed by atoms with Crippen LogP contribution in [0.15, 0.2) is 154 Å². The van der Waals surface area contributed by atoms with Crippen molar-refractivity contribution in [1.29, 1.82) is 0 Å². The largest absolute Gasteiger partial charge is 0.455 e. The first-order chi connectivity index (χ1) is 22.8. The monoisotopic (exact) mass is 588 g/mol. The molecule has 10 aromatic rings. The molecule has 0 N–H and O–H groups in total. The summed E-state index contributed by atoms with van der Waals surface area (Å²) in [6, 6.07) is 49.9. The van der Waals surface area contributed by atoms with Gasteiger partial charge < -0.3 is 8.83 Å². The van der Waals surface area contributed by atoms with E-state index in [-0.39, 0.29) is 0 Å². The lowest BCUT2D eigenvalue weighted by atomic mass is 9.97. The minimum Gasteiger partial charge on any atom is -0.455 e. The van der Waals surface area contributed by atoms with E-state index in [1.54, 1.807) is 0 Å². The van der Waals surface area contributed by atoms with Crippen LogP contribution in [-0.2, 0) is 0 Å². The third-order valence-corrected chi connectivity index (χ3v) is 9.06. The van der Waals surface area contributed by atoms with E-state index in [2.05, 4.69) is 97.1 Å². The van der Waals surface area contributed by atoms with Crippen molar-refractivity contribution in [3.63, 3.8) is 0 Å². The number of benzene rings is 7. The summed E-state index contributed by atoms with van der Waals surface area (Å²) < 4.78 is 13.9. The maximum atomic E-state index is 6.95. The molecule has 46 heavy (non-hydrogen) atoms. The third-order valence-electron chi connectivity index (χ3n) is 9.06. The van der Waals surface area contributed by atoms with Crippen molar-refractivity contribution in [1.82, 2.24) is 9.97 Å². The first-order valence-corrected chi connectivity index (χ1v) is 15.4. The van der Waals surface area contributed by atoms with Crippen molar-refractivity contribution in [2.75, 3.05) is 0 Å². The summed E-state index contributed by atoms with van der Waals surface area (Å²) in [4.78, 5) is 10.3. The number of hydrogen-bond acceptors (Lipinski definition) is 4. The molecule has 0 aliphatic carbocycles. The quantitative estimate of drug-likeness (QED) is 0.206. The minimum atomic E-state index is 0.764. The molecule has 7 aromatic carbocycles. The lowest BCUT2D eigenvalue weighted by molar-refractivity contribution is 0.666. The van der Waals surface area contributed by atoms with Crippen molar-refractivity contribution in [2.45, 2.75) is 0 Å². The molecule has 4 nitrogen and oxygen atoms in total. The first kappa shape index (κ1) is 25.1. The molecular formula is C42H24N2O2. The number of para-hydroxylation sites is 4. The number of fused-ring (bicyclic) bond motifs is 11. The standard InChI is InChI=1S/C42H24N2O2/c1-3-13-25(14-4-1)27-19-11-20-30-35-28-17-7-8-18-29(28)41-36(42(35)46-39(27)30)31-21-12-22-32(40(31)45-41)38-37(26-15-5-2-6-16-26)43-33-23-9-10-24-34(33)44-38/h1-24H. The Morgan fingerprint density at radius 3 is 1.59 bits per heavy atom. The van der Waals surface area contributed by atoms with E-state index in [0.717, 1.165) is 99.3 Å². The highest BCUT2D eigenvalue weighted by Gasteiger charge is 2.25. The van der Waals surface area contributed by atoms with Crippen molar-refractivity contribution in [3.05, 3.63) is 146 Å². The van der Waals surface area contributed by atoms with E-state index < -0.39 is 0 Å². The zero-order chi connectivity index (χ0) is 30.2. The average molecular weight is 589 g/mol. The van der Waals surface area contributed by atoms with Crippen LogP contribution in [0.25, 0.3) is 99.3 Å². The average Bonchev–Trinajstić information content (AvgIpc) is 3.71. The molecule has 3 heterocycles. The fourth-order valence-electron chi connectivity index (χ4n) is 7.01. The lowest BCUT2D eigenvalue weighted by Crippen LogP contribution is -1.95. The third kappa shape index (κ3) is 3.55. The van der Waals surface area contributed by atoms with Gasteiger partial charge in [0.25, 0.3) is 0 Å². The van der Waals surface area contributed by atoms with E-state index in [4.69, 9.17) is 18.8 Å². The summed E-state index contributed by atoms with van der Waals surface area (Å²) in [6.45, 7) is 0. The van der Waals surface area contributed by atoms with Crippen LogP contribution in [0.3, 0.4) is 0 Å². The van der Waals surface area contributed by atoms with Gasteiger partial charge >= 0.3 is 0 Å². The number of furan rings is 2. The summed E-state index contributed by atoms with van der Waals surface area (Å²) in [5.41, 5.74) is 10.6. The minimum absolute atomic E-state index is 0.764. The van der Waals surface area contributed by atoms with Crippen LogP contribution < -0.4 is 0 Å². The van der Waals surface area contributed by atoms with Crippen LogP contribution >= 0.6 is 0 Å². The molecule has 0 aliphatic heterocycles. The fourth-order valence-corrected chi connectivity index (χ4v) is 7.01. The fraction of sp³-hybridized carbons (Fsp3) is 0. The first-order valence-electron chi connectivity index (χ1n) is 15.4. The Bertz CT molecular complexity index is 2790. The molecule has 4 heteroatoms. The molecule has 0 amide bonds. The molecule has 0 radical (unpaired) electrons. The van der Waals surface area contributed by atoms with Gasteiger partial charge in [-0.1, -0.05) is 127 Å². The van der Waals surface area contributed by atoms with Gasteiger partial charge in [0, 0.05) is 38.2 Å². The van der Waals surface area contributed by atoms with Gasteiger partial charge in [0.1, 0.15) is 28.0 Å². The van der Waals surface area contributed by atoms with Crippen LogP contribution in [-0.4, -0.2) is 9.97 Å². The molecule has 214 valence electrons. The maximum Gasteiger partial charge on any atom is 0.147 e. The van der Waals surface area contributed by atoms with Gasteiger partial charge in [-0.2, -0.15) is 0 Å². The van der Waals surface area contributed by atoms with Gasteiger partial charge in [-0.3, -0.25) is 0 Å². The summed E-state index contributed by atoms with van der Waals surface area (Å²) in [6.07, 6.45) is 0. The highest BCUT2D eigenvalue weighted by Crippen LogP contribution is 2.48. The molecule has 0 atom stereocenters. The Balaban J connectivity index is 1.35. The number of hydrogen-bond donors (Lipinski definition) is 0. The smallest absolute Gasteiger partial charge is 0.147 e. The van der Waals surface area contributed by atoms with Crippen LogP contribution in [0.1, 0.15) is 0 Å². The Labute approximate surface area is 263 Å². The van der Waals surface area contributed by atoms with Crippen LogP contribution in [0.4, 0.5) is 0 Å². The highest BCUT2D eigenvalue weighted by atomic mass is 16.3. The molecule has 0 unspecified atom stereocenters. The molecular weight excluding hydrogens is 564 g/mol. The summed E-state index contributed by atoms with van der Waals surface area (Å²) >= 11 is 0. The van der Waals surface area contributed by atoms with Crippen LogP contribution in [0.2, 0.25) is 0 Å². The molecule has 3 aromatic heterocycles. The Morgan fingerprint density at radius 1 is 0.326 bits per heavy atom. The van der Waals surface area contributed by atoms with Crippen molar-refractivity contribution < 1.29 is 8.83 Å². The SMILES string of the molecule is c1ccc(-c2nc3ccccc3nc2-c2cccc3c2oc2c4ccccc4c4c5cccc(-c6ccccc6)c5oc4c32)cc1. The van der Waals surface area contributed by atoms with E-state index in [9.17, 15) is 0 Å². The molecule has 0 spiro atoms. The topological polar surface area (TPSA) is 52.1 Å². The van der Waals surface area contributed by atoms with Gasteiger partial charge in [0.15, 0.2) is 0 Å². The van der Waals surface area contributed by atoms with Gasteiger partial charge in [-0.15, -0.1) is 0 Å². The van der Waals surface area contributed by atoms with E-state index >= 15 is 0 Å². The van der Waals surface area contributed by atoms with Gasteiger partial charge in [-0.05, 0) is 29.1 Å². The Kier molecular flexibility index (Phi) is 5.25. The van der Waals surface area contributed by atoms with Crippen molar-refractivity contribution in [3.8, 4) is 33.6 Å². The van der Waals surface area contributed by atoms with E-state index in [1.165, 1.54) is 0 Å². The molecule has 0 bridgehead atoms. The van der Waals surface area contributed by atoms with Gasteiger partial charge in [0.2, 0.25) is 0 Å². The van der Waals surface area contributed by atoms with E-state index in [0.29, 0.717) is 0 Å². The highest BCUT2D eigenvalue weighted by molar-refractivity contribution is 6.34. The second kappa shape index (κ2) is 9.62. The van der Waals surface area contributed by atoms with E-state index in [1.807, 2.05) is 48.5 Å². The van der Waals surface area contributed by atoms with Crippen molar-refractivity contribution >= 4 is 65.7 Å². The molecule has 0 saturated carbocycles. The summed E-state index contributed by atoms with van der Waals surface area (Å²) in [7, 11) is 0. The van der Waals surface area contributed by atoms with Crippen LogP contribution in [0.5, 0.6) is 0 Å². The Morgan fingerprint density at radius 2 is 0.848 bits per heavy atom. The van der Waals surface area contributed by atoms with Gasteiger partial charge in [-0.25, -0.2) is 9.97 Å². The maximum absolute atomic E-state index is 6.95.